The molecule has 2 aromatic rings. The number of carbonyl (C=O) groups is 2. The molecule has 28 heavy (non-hydrogen) atoms. The van der Waals surface area contributed by atoms with Gasteiger partial charge in [0.25, 0.3) is 5.91 Å². The second-order valence-electron chi connectivity index (χ2n) is 6.80. The third-order valence-corrected chi connectivity index (χ3v) is 4.87. The molecule has 1 N–H and O–H groups in total. The van der Waals surface area contributed by atoms with Crippen molar-refractivity contribution >= 4 is 12.0 Å². The van der Waals surface area contributed by atoms with Gasteiger partial charge in [-0.2, -0.15) is 0 Å². The number of hydrogen-bond donors (Lipinski definition) is 1. The fourth-order valence-corrected chi connectivity index (χ4v) is 3.49. The van der Waals surface area contributed by atoms with E-state index < -0.39 is 0 Å². The fraction of sp³-hybridized carbons (Fsp3) is 0.450. The van der Waals surface area contributed by atoms with Crippen molar-refractivity contribution in [1.82, 2.24) is 25.2 Å². The fourth-order valence-electron chi connectivity index (χ4n) is 3.49. The minimum Gasteiger partial charge on any atom is -0.450 e. The Labute approximate surface area is 164 Å². The Balaban J connectivity index is 1.74. The van der Waals surface area contributed by atoms with Crippen LogP contribution >= 0.6 is 0 Å². The van der Waals surface area contributed by atoms with Gasteiger partial charge in [0.2, 0.25) is 0 Å². The summed E-state index contributed by atoms with van der Waals surface area (Å²) < 4.78 is 5.07. The summed E-state index contributed by atoms with van der Waals surface area (Å²) in [4.78, 5) is 39.3. The summed E-state index contributed by atoms with van der Waals surface area (Å²) in [5.74, 6) is 0.533. The largest absolute Gasteiger partial charge is 0.450 e. The second kappa shape index (κ2) is 8.33. The quantitative estimate of drug-likeness (QED) is 0.870. The first kappa shape index (κ1) is 19.7. The Kier molecular flexibility index (Phi) is 5.87. The van der Waals surface area contributed by atoms with Gasteiger partial charge in [0, 0.05) is 42.4 Å². The molecule has 2 aromatic heterocycles. The van der Waals surface area contributed by atoms with Crippen molar-refractivity contribution < 1.29 is 14.3 Å². The first-order valence-corrected chi connectivity index (χ1v) is 9.37. The van der Waals surface area contributed by atoms with E-state index in [-0.39, 0.29) is 12.0 Å². The topological polar surface area (TPSA) is 97.3 Å². The zero-order valence-corrected chi connectivity index (χ0v) is 16.7. The van der Waals surface area contributed by atoms with Gasteiger partial charge in [-0.25, -0.2) is 14.8 Å². The molecule has 3 rings (SSSR count). The van der Waals surface area contributed by atoms with Crippen molar-refractivity contribution in [2.24, 2.45) is 0 Å². The number of nitrogens with zero attached hydrogens (tertiary/aromatic N) is 4. The lowest BCUT2D eigenvalue weighted by Crippen LogP contribution is -2.37. The minimum absolute atomic E-state index is 0.187. The van der Waals surface area contributed by atoms with Crippen molar-refractivity contribution in [2.75, 3.05) is 13.2 Å². The molecule has 0 aromatic carbocycles. The average Bonchev–Trinajstić information content (AvgIpc) is 2.66. The maximum atomic E-state index is 12.8. The lowest BCUT2D eigenvalue weighted by atomic mass is 9.97. The monoisotopic (exact) mass is 383 g/mol. The highest BCUT2D eigenvalue weighted by molar-refractivity contribution is 5.95. The van der Waals surface area contributed by atoms with Gasteiger partial charge in [0.1, 0.15) is 5.82 Å². The summed E-state index contributed by atoms with van der Waals surface area (Å²) in [7, 11) is 0. The number of aromatic nitrogens is 3. The summed E-state index contributed by atoms with van der Waals surface area (Å²) in [5, 5.41) is 2.96. The molecule has 0 bridgehead atoms. The van der Waals surface area contributed by atoms with Crippen LogP contribution < -0.4 is 5.32 Å². The highest BCUT2D eigenvalue weighted by atomic mass is 16.6. The Morgan fingerprint density at radius 2 is 1.89 bits per heavy atom. The highest BCUT2D eigenvalue weighted by Gasteiger charge is 2.25. The summed E-state index contributed by atoms with van der Waals surface area (Å²) in [5.41, 5.74) is 5.00. The van der Waals surface area contributed by atoms with E-state index in [4.69, 9.17) is 4.74 Å². The number of fused-ring (bicyclic) bond motifs is 1. The van der Waals surface area contributed by atoms with Crippen LogP contribution in [0.4, 0.5) is 4.79 Å². The Morgan fingerprint density at radius 3 is 2.57 bits per heavy atom. The van der Waals surface area contributed by atoms with Crippen LogP contribution in [0.5, 0.6) is 0 Å². The molecule has 148 valence electrons. The van der Waals surface area contributed by atoms with Crippen molar-refractivity contribution in [1.29, 1.82) is 0 Å². The average molecular weight is 383 g/mol. The maximum Gasteiger partial charge on any atom is 0.410 e. The summed E-state index contributed by atoms with van der Waals surface area (Å²) in [6.45, 7) is 9.07. The van der Waals surface area contributed by atoms with Gasteiger partial charge in [0.15, 0.2) is 0 Å². The molecule has 1 aliphatic rings. The number of aryl methyl sites for hydroxylation is 3. The van der Waals surface area contributed by atoms with Crippen LogP contribution in [0.15, 0.2) is 12.4 Å². The van der Waals surface area contributed by atoms with Crippen molar-refractivity contribution in [3.05, 3.63) is 51.9 Å². The molecule has 2 amide bonds. The van der Waals surface area contributed by atoms with Gasteiger partial charge < -0.3 is 15.0 Å². The third-order valence-electron chi connectivity index (χ3n) is 4.87. The number of ether oxygens (including phenoxy) is 1. The first-order chi connectivity index (χ1) is 13.4. The van der Waals surface area contributed by atoms with Crippen LogP contribution in [0.25, 0.3) is 0 Å². The molecule has 0 saturated carbocycles. The van der Waals surface area contributed by atoms with Gasteiger partial charge in [0.05, 0.1) is 18.7 Å². The molecule has 8 heteroatoms. The normalized spacial score (nSPS) is 13.1. The molecule has 0 unspecified atom stereocenters. The first-order valence-electron chi connectivity index (χ1n) is 9.37. The van der Waals surface area contributed by atoms with Gasteiger partial charge in [-0.1, -0.05) is 0 Å². The molecule has 0 atom stereocenters. The SMILES string of the molecule is CCOC(=O)N1CCc2c(cncc2C(=O)NCc2c(C)nc(C)nc2C)C1. The van der Waals surface area contributed by atoms with Crippen LogP contribution in [0.1, 0.15) is 51.2 Å². The van der Waals surface area contributed by atoms with Crippen LogP contribution in [0.2, 0.25) is 0 Å². The van der Waals surface area contributed by atoms with E-state index in [2.05, 4.69) is 20.3 Å². The molecular formula is C20H25N5O3. The second-order valence-corrected chi connectivity index (χ2v) is 6.80. The van der Waals surface area contributed by atoms with E-state index in [0.29, 0.717) is 38.2 Å². The molecule has 0 aliphatic carbocycles. The van der Waals surface area contributed by atoms with E-state index in [1.165, 1.54) is 0 Å². The van der Waals surface area contributed by atoms with Crippen LogP contribution in [0.3, 0.4) is 0 Å². The number of carbonyl (C=O) groups excluding carboxylic acids is 2. The van der Waals surface area contributed by atoms with Crippen molar-refractivity contribution in [2.45, 2.75) is 47.2 Å². The lowest BCUT2D eigenvalue weighted by Gasteiger charge is -2.28. The molecule has 1 aliphatic heterocycles. The van der Waals surface area contributed by atoms with Gasteiger partial charge >= 0.3 is 6.09 Å². The van der Waals surface area contributed by atoms with E-state index >= 15 is 0 Å². The lowest BCUT2D eigenvalue weighted by molar-refractivity contribution is 0.0947. The summed E-state index contributed by atoms with van der Waals surface area (Å²) >= 11 is 0. The molecule has 0 radical (unpaired) electrons. The predicted octanol–water partition coefficient (Wildman–Crippen LogP) is 2.24. The maximum absolute atomic E-state index is 12.8. The molecular weight excluding hydrogens is 358 g/mol. The van der Waals surface area contributed by atoms with Crippen molar-refractivity contribution in [3.8, 4) is 0 Å². The van der Waals surface area contributed by atoms with E-state index in [1.54, 1.807) is 24.2 Å². The molecule has 0 fully saturated rings. The summed E-state index contributed by atoms with van der Waals surface area (Å²) in [6.07, 6.45) is 3.54. The number of rotatable bonds is 4. The number of hydrogen-bond acceptors (Lipinski definition) is 6. The number of nitrogens with one attached hydrogen (secondary N) is 1. The minimum atomic E-state index is -0.340. The molecule has 0 saturated heterocycles. The van der Waals surface area contributed by atoms with Crippen molar-refractivity contribution in [3.63, 3.8) is 0 Å². The van der Waals surface area contributed by atoms with Crippen LogP contribution in [-0.4, -0.2) is 45.0 Å². The number of amides is 2. The molecule has 8 nitrogen and oxygen atoms in total. The molecule has 3 heterocycles. The number of pyridine rings is 1. The summed E-state index contributed by atoms with van der Waals surface area (Å²) in [6, 6.07) is 0. The van der Waals surface area contributed by atoms with E-state index in [1.807, 2.05) is 20.8 Å². The zero-order valence-electron chi connectivity index (χ0n) is 16.7. The van der Waals surface area contributed by atoms with Crippen LogP contribution in [0, 0.1) is 20.8 Å². The van der Waals surface area contributed by atoms with Gasteiger partial charge in [-0.3, -0.25) is 9.78 Å². The highest BCUT2D eigenvalue weighted by Crippen LogP contribution is 2.22. The Hall–Kier alpha value is -3.03. The smallest absolute Gasteiger partial charge is 0.410 e. The molecule has 0 spiro atoms. The third kappa shape index (κ3) is 4.11. The zero-order chi connectivity index (χ0) is 20.3. The Morgan fingerprint density at radius 1 is 1.18 bits per heavy atom. The standard InChI is InChI=1S/C20H25N5O3/c1-5-28-20(27)25-7-6-16-15(11-25)8-21-9-18(16)19(26)22-10-17-12(2)23-14(4)24-13(17)3/h8-9H,5-7,10-11H2,1-4H3,(H,22,26). The van der Waals surface area contributed by atoms with E-state index in [0.717, 1.165) is 33.9 Å². The van der Waals surface area contributed by atoms with Crippen LogP contribution in [-0.2, 0) is 24.2 Å². The van der Waals surface area contributed by atoms with Gasteiger partial charge in [-0.15, -0.1) is 0 Å². The Bertz CT molecular complexity index is 890. The van der Waals surface area contributed by atoms with Gasteiger partial charge in [-0.05, 0) is 45.2 Å². The van der Waals surface area contributed by atoms with E-state index in [9.17, 15) is 9.59 Å². The predicted molar refractivity (Wildman–Crippen MR) is 103 cm³/mol.